The van der Waals surface area contributed by atoms with Crippen molar-refractivity contribution in [2.45, 2.75) is 6.54 Å². The Morgan fingerprint density at radius 3 is 2.95 bits per heavy atom. The molecule has 21 heavy (non-hydrogen) atoms. The van der Waals surface area contributed by atoms with Crippen molar-refractivity contribution in [1.29, 1.82) is 0 Å². The van der Waals surface area contributed by atoms with Crippen LogP contribution in [0.15, 0.2) is 41.8 Å². The molecular formula is C12H10FN5O3. The molecule has 108 valence electrons. The van der Waals surface area contributed by atoms with Crippen molar-refractivity contribution >= 4 is 17.8 Å². The van der Waals surface area contributed by atoms with Crippen molar-refractivity contribution in [1.82, 2.24) is 15.2 Å². The Balaban J connectivity index is 1.90. The smallest absolute Gasteiger partial charge is 0.271 e. The van der Waals surface area contributed by atoms with E-state index in [1.165, 1.54) is 24.4 Å². The molecule has 1 amide bonds. The Hall–Kier alpha value is -3.10. The van der Waals surface area contributed by atoms with E-state index >= 15 is 0 Å². The van der Waals surface area contributed by atoms with Gasteiger partial charge in [0.1, 0.15) is 24.8 Å². The maximum absolute atomic E-state index is 13.3. The second kappa shape index (κ2) is 6.37. The zero-order valence-electron chi connectivity index (χ0n) is 10.6. The topological polar surface area (TPSA) is 102 Å². The van der Waals surface area contributed by atoms with E-state index in [0.717, 1.165) is 17.1 Å². The molecule has 0 fully saturated rings. The highest BCUT2D eigenvalue weighted by molar-refractivity contribution is 5.82. The number of rotatable bonds is 5. The van der Waals surface area contributed by atoms with Crippen LogP contribution in [0.3, 0.4) is 0 Å². The summed E-state index contributed by atoms with van der Waals surface area (Å²) in [4.78, 5) is 21.4. The van der Waals surface area contributed by atoms with Crippen molar-refractivity contribution in [2.75, 3.05) is 0 Å². The first kappa shape index (κ1) is 14.3. The Bertz CT molecular complexity index is 698. The highest BCUT2D eigenvalue weighted by atomic mass is 19.1. The normalized spacial score (nSPS) is 10.7. The van der Waals surface area contributed by atoms with E-state index in [4.69, 9.17) is 0 Å². The number of hydrogen-bond donors (Lipinski definition) is 1. The fourth-order valence-corrected chi connectivity index (χ4v) is 1.47. The number of benzene rings is 1. The Morgan fingerprint density at radius 2 is 2.29 bits per heavy atom. The Kier molecular flexibility index (Phi) is 4.34. The number of halogens is 1. The van der Waals surface area contributed by atoms with E-state index in [2.05, 4.69) is 15.6 Å². The SMILES string of the molecule is O=C(Cn1cc([N+](=O)[O-])cn1)NN=Cc1ccccc1F. The van der Waals surface area contributed by atoms with Gasteiger partial charge in [-0.15, -0.1) is 0 Å². The molecule has 0 atom stereocenters. The zero-order chi connectivity index (χ0) is 15.2. The number of nitrogens with zero attached hydrogens (tertiary/aromatic N) is 4. The van der Waals surface area contributed by atoms with Gasteiger partial charge < -0.3 is 0 Å². The molecule has 0 spiro atoms. The van der Waals surface area contributed by atoms with Crippen LogP contribution in [0.1, 0.15) is 5.56 Å². The van der Waals surface area contributed by atoms with E-state index in [1.807, 2.05) is 0 Å². The molecule has 8 nitrogen and oxygen atoms in total. The molecule has 1 heterocycles. The predicted molar refractivity (Wildman–Crippen MR) is 71.0 cm³/mol. The van der Waals surface area contributed by atoms with Crippen molar-refractivity contribution in [3.8, 4) is 0 Å². The molecular weight excluding hydrogens is 281 g/mol. The standard InChI is InChI=1S/C12H10FN5O3/c13-11-4-2-1-3-9(11)5-14-16-12(19)8-17-7-10(6-15-17)18(20)21/h1-7H,8H2,(H,16,19). The summed E-state index contributed by atoms with van der Waals surface area (Å²) < 4.78 is 14.4. The highest BCUT2D eigenvalue weighted by Crippen LogP contribution is 2.07. The molecule has 0 radical (unpaired) electrons. The number of aromatic nitrogens is 2. The monoisotopic (exact) mass is 291 g/mol. The number of carbonyl (C=O) groups excluding carboxylic acids is 1. The molecule has 0 saturated carbocycles. The van der Waals surface area contributed by atoms with Crippen molar-refractivity contribution < 1.29 is 14.1 Å². The second-order valence-corrected chi connectivity index (χ2v) is 3.97. The first-order valence-corrected chi connectivity index (χ1v) is 5.79. The summed E-state index contributed by atoms with van der Waals surface area (Å²) in [5.41, 5.74) is 2.20. The number of hydrogen-bond acceptors (Lipinski definition) is 5. The van der Waals surface area contributed by atoms with Crippen molar-refractivity contribution in [3.05, 3.63) is 58.2 Å². The molecule has 0 bridgehead atoms. The van der Waals surface area contributed by atoms with Gasteiger partial charge in [-0.1, -0.05) is 18.2 Å². The maximum Gasteiger partial charge on any atom is 0.307 e. The third-order valence-corrected chi connectivity index (χ3v) is 2.43. The first-order chi connectivity index (χ1) is 10.1. The zero-order valence-corrected chi connectivity index (χ0v) is 10.6. The molecule has 0 unspecified atom stereocenters. The van der Waals surface area contributed by atoms with Gasteiger partial charge in [-0.2, -0.15) is 10.2 Å². The molecule has 1 N–H and O–H groups in total. The van der Waals surface area contributed by atoms with Crippen molar-refractivity contribution in [3.63, 3.8) is 0 Å². The lowest BCUT2D eigenvalue weighted by atomic mass is 10.2. The van der Waals surface area contributed by atoms with E-state index in [9.17, 15) is 19.3 Å². The fourth-order valence-electron chi connectivity index (χ4n) is 1.47. The fraction of sp³-hybridized carbons (Fsp3) is 0.0833. The molecule has 2 rings (SSSR count). The van der Waals surface area contributed by atoms with Gasteiger partial charge in [0, 0.05) is 5.56 Å². The molecule has 9 heteroatoms. The number of amides is 1. The molecule has 0 aliphatic heterocycles. The first-order valence-electron chi connectivity index (χ1n) is 5.79. The van der Waals surface area contributed by atoms with Crippen LogP contribution in [0, 0.1) is 15.9 Å². The van der Waals surface area contributed by atoms with E-state index < -0.39 is 16.6 Å². The average Bonchev–Trinajstić information content (AvgIpc) is 2.89. The maximum atomic E-state index is 13.3. The lowest BCUT2D eigenvalue weighted by molar-refractivity contribution is -0.385. The molecule has 0 aliphatic rings. The van der Waals surface area contributed by atoms with E-state index in [1.54, 1.807) is 6.07 Å². The van der Waals surface area contributed by atoms with Crippen molar-refractivity contribution in [2.24, 2.45) is 5.10 Å². The van der Waals surface area contributed by atoms with E-state index in [-0.39, 0.29) is 17.8 Å². The van der Waals surface area contributed by atoms with E-state index in [0.29, 0.717) is 0 Å². The van der Waals surface area contributed by atoms with Crippen LogP contribution in [-0.2, 0) is 11.3 Å². The number of carbonyl (C=O) groups is 1. The van der Waals surface area contributed by atoms with Gasteiger partial charge in [0.15, 0.2) is 0 Å². The van der Waals surface area contributed by atoms with Gasteiger partial charge in [0.25, 0.3) is 5.91 Å². The lowest BCUT2D eigenvalue weighted by Crippen LogP contribution is -2.23. The Morgan fingerprint density at radius 1 is 1.52 bits per heavy atom. The van der Waals surface area contributed by atoms with Crippen LogP contribution in [0.2, 0.25) is 0 Å². The third kappa shape index (κ3) is 3.93. The molecule has 2 aromatic rings. The summed E-state index contributed by atoms with van der Waals surface area (Å²) >= 11 is 0. The minimum absolute atomic E-state index is 0.211. The van der Waals surface area contributed by atoms with Crippen LogP contribution < -0.4 is 5.43 Å². The van der Waals surface area contributed by atoms with Gasteiger partial charge >= 0.3 is 5.69 Å². The highest BCUT2D eigenvalue weighted by Gasteiger charge is 2.10. The van der Waals surface area contributed by atoms with Crippen LogP contribution in [0.5, 0.6) is 0 Å². The Labute approximate surface area is 118 Å². The molecule has 0 saturated heterocycles. The van der Waals surface area contributed by atoms with Gasteiger partial charge in [0.2, 0.25) is 0 Å². The summed E-state index contributed by atoms with van der Waals surface area (Å²) in [5, 5.41) is 17.7. The van der Waals surface area contributed by atoms with Crippen LogP contribution in [-0.4, -0.2) is 26.8 Å². The molecule has 0 aliphatic carbocycles. The lowest BCUT2D eigenvalue weighted by Gasteiger charge is -1.99. The second-order valence-electron chi connectivity index (χ2n) is 3.97. The van der Waals surface area contributed by atoms with Gasteiger partial charge in [-0.05, 0) is 6.07 Å². The number of nitrogens with one attached hydrogen (secondary N) is 1. The van der Waals surface area contributed by atoms with Gasteiger partial charge in [0.05, 0.1) is 11.1 Å². The minimum Gasteiger partial charge on any atom is -0.271 e. The number of nitro groups is 1. The minimum atomic E-state index is -0.613. The van der Waals surface area contributed by atoms with Crippen LogP contribution >= 0.6 is 0 Å². The quantitative estimate of drug-likeness (QED) is 0.505. The predicted octanol–water partition coefficient (Wildman–Crippen LogP) is 1.08. The van der Waals surface area contributed by atoms with Gasteiger partial charge in [-0.3, -0.25) is 19.6 Å². The average molecular weight is 291 g/mol. The summed E-state index contributed by atoms with van der Waals surface area (Å²) in [7, 11) is 0. The summed E-state index contributed by atoms with van der Waals surface area (Å²) in [5.74, 6) is -1.00. The molecule has 1 aromatic carbocycles. The largest absolute Gasteiger partial charge is 0.307 e. The number of hydrazone groups is 1. The third-order valence-electron chi connectivity index (χ3n) is 2.43. The molecule has 1 aromatic heterocycles. The van der Waals surface area contributed by atoms with Crippen LogP contribution in [0.25, 0.3) is 0 Å². The summed E-state index contributed by atoms with van der Waals surface area (Å²) in [6.07, 6.45) is 3.33. The summed E-state index contributed by atoms with van der Waals surface area (Å²) in [6.45, 7) is -0.234. The van der Waals surface area contributed by atoms with Gasteiger partial charge in [-0.25, -0.2) is 9.82 Å². The summed E-state index contributed by atoms with van der Waals surface area (Å²) in [6, 6.07) is 5.94. The van der Waals surface area contributed by atoms with Crippen LogP contribution in [0.4, 0.5) is 10.1 Å².